The number of hydrogen-bond acceptors (Lipinski definition) is 5. The lowest BCUT2D eigenvalue weighted by Crippen LogP contribution is -2.46. The van der Waals surface area contributed by atoms with Gasteiger partial charge in [-0.3, -0.25) is 4.79 Å². The van der Waals surface area contributed by atoms with Gasteiger partial charge in [0.1, 0.15) is 11.6 Å². The normalized spacial score (nSPS) is 17.4. The number of carbonyl (C=O) groups is 1. The molecule has 1 atom stereocenters. The van der Waals surface area contributed by atoms with E-state index in [0.717, 1.165) is 6.07 Å². The number of benzene rings is 1. The summed E-state index contributed by atoms with van der Waals surface area (Å²) in [7, 11) is 0. The third-order valence-electron chi connectivity index (χ3n) is 4.72. The van der Waals surface area contributed by atoms with Gasteiger partial charge in [-0.25, -0.2) is 9.97 Å². The van der Waals surface area contributed by atoms with Crippen molar-refractivity contribution in [3.8, 4) is 0 Å². The summed E-state index contributed by atoms with van der Waals surface area (Å²) in [5.41, 5.74) is 6.08. The molecule has 1 amide bonds. The SMILES string of the molecule is Cc1nccc(NC2=C(N)C(C)N(C(=O)c3cccc(C(F)(F)F)c3Cl)CC2)n1. The maximum Gasteiger partial charge on any atom is 0.417 e. The van der Waals surface area contributed by atoms with Gasteiger partial charge in [-0.15, -0.1) is 0 Å². The molecule has 2 heterocycles. The van der Waals surface area contributed by atoms with Crippen LogP contribution in [0.5, 0.6) is 0 Å². The molecule has 0 saturated carbocycles. The van der Waals surface area contributed by atoms with E-state index in [9.17, 15) is 18.0 Å². The van der Waals surface area contributed by atoms with E-state index in [1.807, 2.05) is 0 Å². The van der Waals surface area contributed by atoms with Gasteiger partial charge in [-0.2, -0.15) is 13.2 Å². The Kier molecular flexibility index (Phi) is 5.70. The lowest BCUT2D eigenvalue weighted by molar-refractivity contribution is -0.137. The van der Waals surface area contributed by atoms with Gasteiger partial charge in [0.2, 0.25) is 0 Å². The Morgan fingerprint density at radius 1 is 1.34 bits per heavy atom. The van der Waals surface area contributed by atoms with E-state index in [-0.39, 0.29) is 12.1 Å². The molecule has 29 heavy (non-hydrogen) atoms. The Morgan fingerprint density at radius 2 is 2.07 bits per heavy atom. The highest BCUT2D eigenvalue weighted by atomic mass is 35.5. The van der Waals surface area contributed by atoms with Gasteiger partial charge in [0.15, 0.2) is 0 Å². The van der Waals surface area contributed by atoms with Crippen LogP contribution in [-0.2, 0) is 6.18 Å². The van der Waals surface area contributed by atoms with Crippen LogP contribution in [0.15, 0.2) is 41.9 Å². The largest absolute Gasteiger partial charge is 0.417 e. The second kappa shape index (κ2) is 7.90. The minimum atomic E-state index is -4.65. The third-order valence-corrected chi connectivity index (χ3v) is 5.13. The van der Waals surface area contributed by atoms with Crippen LogP contribution in [0.25, 0.3) is 0 Å². The third kappa shape index (κ3) is 4.29. The zero-order chi connectivity index (χ0) is 21.3. The van der Waals surface area contributed by atoms with Crippen LogP contribution in [-0.4, -0.2) is 33.4 Å². The van der Waals surface area contributed by atoms with Gasteiger partial charge in [0.05, 0.1) is 27.9 Å². The number of hydrogen-bond donors (Lipinski definition) is 2. The molecule has 6 nitrogen and oxygen atoms in total. The van der Waals surface area contributed by atoms with E-state index >= 15 is 0 Å². The number of anilines is 1. The molecule has 1 aliphatic rings. The van der Waals surface area contributed by atoms with Crippen LogP contribution >= 0.6 is 11.6 Å². The van der Waals surface area contributed by atoms with Crippen LogP contribution < -0.4 is 11.1 Å². The molecular formula is C19H19ClF3N5O. The highest BCUT2D eigenvalue weighted by molar-refractivity contribution is 6.34. The van der Waals surface area contributed by atoms with Crippen molar-refractivity contribution in [2.75, 3.05) is 11.9 Å². The lowest BCUT2D eigenvalue weighted by Gasteiger charge is -2.36. The monoisotopic (exact) mass is 425 g/mol. The van der Waals surface area contributed by atoms with Crippen molar-refractivity contribution in [3.63, 3.8) is 0 Å². The summed E-state index contributed by atoms with van der Waals surface area (Å²) in [6, 6.07) is 4.45. The van der Waals surface area contributed by atoms with E-state index in [2.05, 4.69) is 15.3 Å². The summed E-state index contributed by atoms with van der Waals surface area (Å²) in [4.78, 5) is 22.6. The maximum absolute atomic E-state index is 13.1. The van der Waals surface area contributed by atoms with Crippen LogP contribution in [0.4, 0.5) is 19.0 Å². The van der Waals surface area contributed by atoms with Gasteiger partial charge in [0, 0.05) is 24.9 Å². The fourth-order valence-corrected chi connectivity index (χ4v) is 3.47. The zero-order valence-corrected chi connectivity index (χ0v) is 16.5. The second-order valence-electron chi connectivity index (χ2n) is 6.64. The average molecular weight is 426 g/mol. The molecule has 1 unspecified atom stereocenters. The van der Waals surface area contributed by atoms with Gasteiger partial charge in [-0.05, 0) is 32.0 Å². The summed E-state index contributed by atoms with van der Waals surface area (Å²) in [6.45, 7) is 3.73. The molecule has 2 aromatic rings. The Bertz CT molecular complexity index is 977. The first-order valence-electron chi connectivity index (χ1n) is 8.81. The predicted octanol–water partition coefficient (Wildman–Crippen LogP) is 3.97. The quantitative estimate of drug-likeness (QED) is 0.777. The van der Waals surface area contributed by atoms with Gasteiger partial charge in [-0.1, -0.05) is 17.7 Å². The van der Waals surface area contributed by atoms with E-state index < -0.39 is 28.7 Å². The van der Waals surface area contributed by atoms with Crippen molar-refractivity contribution < 1.29 is 18.0 Å². The van der Waals surface area contributed by atoms with Gasteiger partial charge >= 0.3 is 6.18 Å². The Labute approximate surface area is 170 Å². The molecule has 0 radical (unpaired) electrons. The summed E-state index contributed by atoms with van der Waals surface area (Å²) in [6.07, 6.45) is -2.65. The molecule has 0 bridgehead atoms. The number of nitrogens with zero attached hydrogens (tertiary/aromatic N) is 3. The van der Waals surface area contributed by atoms with E-state index in [4.69, 9.17) is 17.3 Å². The van der Waals surface area contributed by atoms with Crippen molar-refractivity contribution in [3.05, 3.63) is 63.8 Å². The highest BCUT2D eigenvalue weighted by Gasteiger charge is 2.36. The molecule has 0 saturated heterocycles. The Morgan fingerprint density at radius 3 is 2.72 bits per heavy atom. The zero-order valence-electron chi connectivity index (χ0n) is 15.7. The van der Waals surface area contributed by atoms with E-state index in [1.165, 1.54) is 17.0 Å². The van der Waals surface area contributed by atoms with Crippen LogP contribution in [0.2, 0.25) is 5.02 Å². The molecule has 3 N–H and O–H groups in total. The lowest BCUT2D eigenvalue weighted by atomic mass is 10.0. The van der Waals surface area contributed by atoms with Crippen molar-refractivity contribution in [2.45, 2.75) is 32.5 Å². The highest BCUT2D eigenvalue weighted by Crippen LogP contribution is 2.37. The van der Waals surface area contributed by atoms with Crippen molar-refractivity contribution >= 4 is 23.3 Å². The minimum Gasteiger partial charge on any atom is -0.399 e. The number of nitrogens with one attached hydrogen (secondary N) is 1. The minimum absolute atomic E-state index is 0.205. The van der Waals surface area contributed by atoms with E-state index in [0.29, 0.717) is 29.5 Å². The fraction of sp³-hybridized carbons (Fsp3) is 0.316. The van der Waals surface area contributed by atoms with Crippen molar-refractivity contribution in [2.24, 2.45) is 5.73 Å². The smallest absolute Gasteiger partial charge is 0.399 e. The Balaban J connectivity index is 1.85. The van der Waals surface area contributed by atoms with Crippen LogP contribution in [0.3, 0.4) is 0 Å². The molecule has 0 aliphatic carbocycles. The first-order chi connectivity index (χ1) is 13.6. The molecule has 0 spiro atoms. The number of rotatable bonds is 3. The number of carbonyl (C=O) groups excluding carboxylic acids is 1. The van der Waals surface area contributed by atoms with Crippen LogP contribution in [0.1, 0.15) is 35.1 Å². The predicted molar refractivity (Wildman–Crippen MR) is 103 cm³/mol. The topological polar surface area (TPSA) is 84.1 Å². The van der Waals surface area contributed by atoms with Crippen LogP contribution in [0, 0.1) is 6.92 Å². The fourth-order valence-electron chi connectivity index (χ4n) is 3.15. The average Bonchev–Trinajstić information content (AvgIpc) is 2.64. The molecule has 1 aliphatic heterocycles. The first-order valence-corrected chi connectivity index (χ1v) is 9.19. The summed E-state index contributed by atoms with van der Waals surface area (Å²) in [5, 5.41) is 2.52. The standard InChI is InChI=1S/C19H19ClF3N5O/c1-10-17(24)14(27-15-6-8-25-11(2)26-15)7-9-28(10)18(29)12-4-3-5-13(16(12)20)19(21,22)23/h3-6,8,10H,7,9,24H2,1-2H3,(H,25,26,27). The number of amides is 1. The van der Waals surface area contributed by atoms with Gasteiger partial charge in [0.25, 0.3) is 5.91 Å². The number of aryl methyl sites for hydroxylation is 1. The van der Waals surface area contributed by atoms with E-state index in [1.54, 1.807) is 26.1 Å². The van der Waals surface area contributed by atoms with Crippen molar-refractivity contribution in [1.29, 1.82) is 0 Å². The molecule has 1 aromatic carbocycles. The maximum atomic E-state index is 13.1. The number of halogens is 4. The molecule has 3 rings (SSSR count). The Hall–Kier alpha value is -2.81. The van der Waals surface area contributed by atoms with Crippen molar-refractivity contribution in [1.82, 2.24) is 14.9 Å². The molecular weight excluding hydrogens is 407 g/mol. The molecule has 1 aromatic heterocycles. The number of alkyl halides is 3. The second-order valence-corrected chi connectivity index (χ2v) is 7.02. The molecule has 0 fully saturated rings. The number of nitrogens with two attached hydrogens (primary N) is 1. The summed E-state index contributed by atoms with van der Waals surface area (Å²) >= 11 is 5.91. The molecule has 154 valence electrons. The number of aromatic nitrogens is 2. The first kappa shape index (κ1) is 20.9. The van der Waals surface area contributed by atoms with Gasteiger partial charge < -0.3 is 16.0 Å². The molecule has 10 heteroatoms. The summed E-state index contributed by atoms with van der Waals surface area (Å²) < 4.78 is 39.3. The summed E-state index contributed by atoms with van der Waals surface area (Å²) in [5.74, 6) is 0.561.